The lowest BCUT2D eigenvalue weighted by Crippen LogP contribution is -2.13. The summed E-state index contributed by atoms with van der Waals surface area (Å²) >= 11 is 3.13. The summed E-state index contributed by atoms with van der Waals surface area (Å²) in [5, 5.41) is 3.71. The second kappa shape index (κ2) is 8.92. The Kier molecular flexibility index (Phi) is 6.36. The van der Waals surface area contributed by atoms with Crippen LogP contribution in [0, 0.1) is 0 Å². The molecule has 140 valence electrons. The Morgan fingerprint density at radius 1 is 1.11 bits per heavy atom. The Morgan fingerprint density at radius 2 is 1.89 bits per heavy atom. The highest BCUT2D eigenvalue weighted by Crippen LogP contribution is 2.38. The molecule has 0 atom stereocenters. The van der Waals surface area contributed by atoms with Crippen molar-refractivity contribution in [3.8, 4) is 22.8 Å². The number of thioether (sulfide) groups is 1. The number of para-hydroxylation sites is 1. The lowest BCUT2D eigenvalue weighted by molar-refractivity contribution is 0.102. The molecule has 2 aromatic carbocycles. The van der Waals surface area contributed by atoms with Gasteiger partial charge in [-0.05, 0) is 17.9 Å². The monoisotopic (exact) mass is 400 g/mol. The fourth-order valence-corrected chi connectivity index (χ4v) is 4.56. The molecule has 0 aliphatic rings. The molecular weight excluding hydrogens is 380 g/mol. The minimum atomic E-state index is -0.264. The van der Waals surface area contributed by atoms with Gasteiger partial charge >= 0.3 is 0 Å². The largest absolute Gasteiger partial charge is 0.493 e. The summed E-state index contributed by atoms with van der Waals surface area (Å²) in [5.41, 5.74) is 2.14. The van der Waals surface area contributed by atoms with Gasteiger partial charge in [-0.25, -0.2) is 4.98 Å². The molecule has 1 heterocycles. The number of anilines is 1. The van der Waals surface area contributed by atoms with Gasteiger partial charge < -0.3 is 14.8 Å². The molecule has 0 bridgehead atoms. The van der Waals surface area contributed by atoms with E-state index in [1.807, 2.05) is 30.3 Å². The number of hydrogen-bond acceptors (Lipinski definition) is 6. The molecule has 0 spiro atoms. The highest BCUT2D eigenvalue weighted by molar-refractivity contribution is 8.01. The first-order valence-electron chi connectivity index (χ1n) is 8.39. The molecule has 0 saturated heterocycles. The zero-order valence-corrected chi connectivity index (χ0v) is 16.9. The molecule has 3 aromatic rings. The quantitative estimate of drug-likeness (QED) is 0.553. The maximum atomic E-state index is 12.9. The predicted octanol–water partition coefficient (Wildman–Crippen LogP) is 5.19. The van der Waals surface area contributed by atoms with E-state index in [0.717, 1.165) is 21.3 Å². The van der Waals surface area contributed by atoms with Crippen LogP contribution in [0.25, 0.3) is 11.3 Å². The van der Waals surface area contributed by atoms with Crippen LogP contribution in [0.5, 0.6) is 11.5 Å². The fraction of sp³-hybridized carbons (Fsp3) is 0.200. The fourth-order valence-electron chi connectivity index (χ4n) is 2.60. The number of methoxy groups -OCH3 is 2. The average molecular weight is 401 g/mol. The maximum Gasteiger partial charge on any atom is 0.260 e. The van der Waals surface area contributed by atoms with E-state index in [4.69, 9.17) is 14.5 Å². The van der Waals surface area contributed by atoms with Crippen LogP contribution < -0.4 is 14.8 Å². The number of hydrogen-bond donors (Lipinski definition) is 1. The number of rotatable bonds is 7. The van der Waals surface area contributed by atoms with E-state index in [0.29, 0.717) is 22.1 Å². The second-order valence-electron chi connectivity index (χ2n) is 5.45. The van der Waals surface area contributed by atoms with Gasteiger partial charge in [-0.15, -0.1) is 0 Å². The first-order valence-corrected chi connectivity index (χ1v) is 10.2. The molecule has 1 N–H and O–H groups in total. The summed E-state index contributed by atoms with van der Waals surface area (Å²) in [6.07, 6.45) is 0. The van der Waals surface area contributed by atoms with Gasteiger partial charge in [0.15, 0.2) is 15.8 Å². The van der Waals surface area contributed by atoms with Crippen molar-refractivity contribution in [3.05, 3.63) is 54.1 Å². The number of carbonyl (C=O) groups is 1. The van der Waals surface area contributed by atoms with Crippen molar-refractivity contribution in [2.24, 2.45) is 0 Å². The van der Waals surface area contributed by atoms with Crippen LogP contribution in [-0.4, -0.2) is 30.9 Å². The summed E-state index contributed by atoms with van der Waals surface area (Å²) in [6.45, 7) is 2.08. The summed E-state index contributed by atoms with van der Waals surface area (Å²) in [5.74, 6) is 1.57. The van der Waals surface area contributed by atoms with Gasteiger partial charge in [-0.2, -0.15) is 0 Å². The van der Waals surface area contributed by atoms with E-state index in [9.17, 15) is 4.79 Å². The van der Waals surface area contributed by atoms with Crippen LogP contribution in [0.3, 0.4) is 0 Å². The first-order chi connectivity index (χ1) is 13.2. The maximum absolute atomic E-state index is 12.9. The highest BCUT2D eigenvalue weighted by atomic mass is 32.2. The van der Waals surface area contributed by atoms with Gasteiger partial charge in [0, 0.05) is 5.56 Å². The van der Waals surface area contributed by atoms with Crippen molar-refractivity contribution in [3.63, 3.8) is 0 Å². The van der Waals surface area contributed by atoms with Gasteiger partial charge in [0.25, 0.3) is 5.91 Å². The lowest BCUT2D eigenvalue weighted by atomic mass is 10.1. The SMILES string of the molecule is CCSc1nc(-c2ccccc2)c(NC(=O)c2cccc(OC)c2OC)s1. The standard InChI is InChI=1S/C20H20N2O3S2/c1-4-26-20-21-16(13-9-6-5-7-10-13)19(27-20)22-18(23)14-11-8-12-15(24-2)17(14)25-3/h5-12H,4H2,1-3H3,(H,22,23). The number of benzene rings is 2. The molecule has 3 rings (SSSR count). The van der Waals surface area contributed by atoms with Crippen LogP contribution in [0.15, 0.2) is 52.9 Å². The van der Waals surface area contributed by atoms with Crippen molar-refractivity contribution in [2.75, 3.05) is 25.3 Å². The third-order valence-corrected chi connectivity index (χ3v) is 5.79. The Bertz CT molecular complexity index is 926. The predicted molar refractivity (Wildman–Crippen MR) is 111 cm³/mol. The molecule has 0 aliphatic heterocycles. The van der Waals surface area contributed by atoms with E-state index in [-0.39, 0.29) is 5.91 Å². The van der Waals surface area contributed by atoms with Crippen molar-refractivity contribution in [1.29, 1.82) is 0 Å². The van der Waals surface area contributed by atoms with Crippen LogP contribution in [0.1, 0.15) is 17.3 Å². The average Bonchev–Trinajstić information content (AvgIpc) is 3.10. The van der Waals surface area contributed by atoms with E-state index >= 15 is 0 Å². The van der Waals surface area contributed by atoms with Gasteiger partial charge in [0.2, 0.25) is 0 Å². The molecule has 27 heavy (non-hydrogen) atoms. The Morgan fingerprint density at radius 3 is 2.56 bits per heavy atom. The lowest BCUT2D eigenvalue weighted by Gasteiger charge is -2.12. The van der Waals surface area contributed by atoms with Crippen molar-refractivity contribution >= 4 is 34.0 Å². The van der Waals surface area contributed by atoms with Crippen LogP contribution in [0.4, 0.5) is 5.00 Å². The molecule has 1 amide bonds. The number of amides is 1. The van der Waals surface area contributed by atoms with Gasteiger partial charge in [-0.1, -0.05) is 66.4 Å². The van der Waals surface area contributed by atoms with Gasteiger partial charge in [-0.3, -0.25) is 4.79 Å². The summed E-state index contributed by atoms with van der Waals surface area (Å²) < 4.78 is 11.6. The third-order valence-electron chi connectivity index (χ3n) is 3.80. The summed E-state index contributed by atoms with van der Waals surface area (Å²) in [4.78, 5) is 17.6. The zero-order valence-electron chi connectivity index (χ0n) is 15.3. The Balaban J connectivity index is 1.97. The third kappa shape index (κ3) is 4.26. The van der Waals surface area contributed by atoms with E-state index in [2.05, 4.69) is 12.2 Å². The number of aromatic nitrogens is 1. The Labute approximate surface area is 166 Å². The molecular formula is C20H20N2O3S2. The summed E-state index contributed by atoms with van der Waals surface area (Å²) in [7, 11) is 3.07. The molecule has 0 fully saturated rings. The van der Waals surface area contributed by atoms with Crippen molar-refractivity contribution in [2.45, 2.75) is 11.3 Å². The zero-order chi connectivity index (χ0) is 19.2. The molecule has 7 heteroatoms. The minimum absolute atomic E-state index is 0.264. The number of ether oxygens (including phenoxy) is 2. The van der Waals surface area contributed by atoms with Crippen LogP contribution in [-0.2, 0) is 0 Å². The van der Waals surface area contributed by atoms with E-state index in [1.54, 1.807) is 37.1 Å². The summed E-state index contributed by atoms with van der Waals surface area (Å²) in [6, 6.07) is 15.1. The second-order valence-corrected chi connectivity index (χ2v) is 7.96. The topological polar surface area (TPSA) is 60.5 Å². The smallest absolute Gasteiger partial charge is 0.260 e. The molecule has 0 unspecified atom stereocenters. The number of carbonyl (C=O) groups excluding carboxylic acids is 1. The number of thiazole rings is 1. The van der Waals surface area contributed by atoms with Crippen LogP contribution >= 0.6 is 23.1 Å². The van der Waals surface area contributed by atoms with Gasteiger partial charge in [0.05, 0.1) is 19.8 Å². The highest BCUT2D eigenvalue weighted by Gasteiger charge is 2.20. The van der Waals surface area contributed by atoms with E-state index in [1.165, 1.54) is 18.4 Å². The number of nitrogens with one attached hydrogen (secondary N) is 1. The minimum Gasteiger partial charge on any atom is -0.493 e. The molecule has 0 radical (unpaired) electrons. The molecule has 5 nitrogen and oxygen atoms in total. The molecule has 0 aliphatic carbocycles. The van der Waals surface area contributed by atoms with Crippen LogP contribution in [0.2, 0.25) is 0 Å². The van der Waals surface area contributed by atoms with Crippen molar-refractivity contribution in [1.82, 2.24) is 4.98 Å². The normalized spacial score (nSPS) is 10.5. The molecule has 0 saturated carbocycles. The van der Waals surface area contributed by atoms with Crippen molar-refractivity contribution < 1.29 is 14.3 Å². The van der Waals surface area contributed by atoms with E-state index < -0.39 is 0 Å². The van der Waals surface area contributed by atoms with Gasteiger partial charge in [0.1, 0.15) is 10.7 Å². The number of nitrogens with zero attached hydrogens (tertiary/aromatic N) is 1. The Hall–Kier alpha value is -2.51. The molecule has 1 aromatic heterocycles. The first kappa shape index (κ1) is 19.3.